The highest BCUT2D eigenvalue weighted by Gasteiger charge is 2.14. The lowest BCUT2D eigenvalue weighted by molar-refractivity contribution is 0.442. The van der Waals surface area contributed by atoms with Gasteiger partial charge < -0.3 is 4.74 Å². The predicted octanol–water partition coefficient (Wildman–Crippen LogP) is 0.567. The maximum absolute atomic E-state index is 4.58. The molecule has 1 saturated heterocycles. The lowest BCUT2D eigenvalue weighted by Gasteiger charge is -1.50. The van der Waals surface area contributed by atoms with E-state index in [1.807, 2.05) is 6.92 Å². The van der Waals surface area contributed by atoms with Crippen LogP contribution in [0, 0.1) is 6.61 Å². The molecule has 1 rings (SSSR count). The van der Waals surface area contributed by atoms with Crippen LogP contribution >= 0.6 is 0 Å². The van der Waals surface area contributed by atoms with Gasteiger partial charge in [-0.05, 0) is 6.92 Å². The molecule has 0 N–H and O–H groups in total. The van der Waals surface area contributed by atoms with E-state index in [9.17, 15) is 0 Å². The van der Waals surface area contributed by atoms with E-state index in [1.165, 1.54) is 0 Å². The van der Waals surface area contributed by atoms with Crippen molar-refractivity contribution in [2.45, 2.75) is 13.0 Å². The van der Waals surface area contributed by atoms with E-state index in [4.69, 9.17) is 0 Å². The van der Waals surface area contributed by atoms with Gasteiger partial charge in [0.25, 0.3) is 0 Å². The second kappa shape index (κ2) is 0.462. The van der Waals surface area contributed by atoms with Crippen LogP contribution < -0.4 is 0 Å². The fourth-order valence-electron chi connectivity index (χ4n) is 0.0786. The molecule has 0 bridgehead atoms. The van der Waals surface area contributed by atoms with Crippen LogP contribution in [0.4, 0.5) is 0 Å². The summed E-state index contributed by atoms with van der Waals surface area (Å²) in [4.78, 5) is 0. The third kappa shape index (κ3) is 0.206. The summed E-state index contributed by atoms with van der Waals surface area (Å²) >= 11 is 0. The van der Waals surface area contributed by atoms with Crippen molar-refractivity contribution in [2.75, 3.05) is 0 Å². The van der Waals surface area contributed by atoms with Gasteiger partial charge in [-0.15, -0.1) is 0 Å². The minimum absolute atomic E-state index is 0.458. The van der Waals surface area contributed by atoms with E-state index in [1.54, 1.807) is 6.61 Å². The van der Waals surface area contributed by atoms with Crippen LogP contribution in [0.2, 0.25) is 0 Å². The van der Waals surface area contributed by atoms with Gasteiger partial charge in [0.15, 0.2) is 0 Å². The van der Waals surface area contributed by atoms with Crippen molar-refractivity contribution in [2.24, 2.45) is 0 Å². The molecule has 1 radical (unpaired) electrons. The zero-order chi connectivity index (χ0) is 2.99. The summed E-state index contributed by atoms with van der Waals surface area (Å²) < 4.78 is 4.58. The van der Waals surface area contributed by atoms with Crippen molar-refractivity contribution < 1.29 is 4.74 Å². The fraction of sp³-hybridized carbons (Fsp3) is 0.667. The van der Waals surface area contributed by atoms with Crippen LogP contribution in [-0.4, -0.2) is 6.10 Å². The van der Waals surface area contributed by atoms with E-state index >= 15 is 0 Å². The highest BCUT2D eigenvalue weighted by molar-refractivity contribution is 4.76. The molecule has 1 fully saturated rings. The molecule has 1 unspecified atom stereocenters. The van der Waals surface area contributed by atoms with Crippen molar-refractivity contribution in [3.63, 3.8) is 0 Å². The molecule has 4 heavy (non-hydrogen) atoms. The average molecular weight is 57.1 g/mol. The SMILES string of the molecule is CC1[CH]O1. The summed E-state index contributed by atoms with van der Waals surface area (Å²) in [5, 5.41) is 0. The Bertz CT molecular complexity index is 22.5. The summed E-state index contributed by atoms with van der Waals surface area (Å²) in [6.45, 7) is 3.79. The lowest BCUT2D eigenvalue weighted by atomic mass is 10.6. The van der Waals surface area contributed by atoms with E-state index in [0.717, 1.165) is 0 Å². The van der Waals surface area contributed by atoms with Crippen LogP contribution in [0.3, 0.4) is 0 Å². The quantitative estimate of drug-likeness (QED) is 0.370. The molecule has 1 heteroatoms. The Morgan fingerprint density at radius 3 is 2.25 bits per heavy atom. The van der Waals surface area contributed by atoms with E-state index in [0.29, 0.717) is 6.10 Å². The van der Waals surface area contributed by atoms with Crippen molar-refractivity contribution in [3.05, 3.63) is 6.61 Å². The van der Waals surface area contributed by atoms with E-state index < -0.39 is 0 Å². The topological polar surface area (TPSA) is 12.5 Å². The van der Waals surface area contributed by atoms with E-state index in [-0.39, 0.29) is 0 Å². The molecule has 0 saturated carbocycles. The van der Waals surface area contributed by atoms with Crippen LogP contribution in [0.25, 0.3) is 0 Å². The first kappa shape index (κ1) is 2.21. The highest BCUT2D eigenvalue weighted by atomic mass is 16.6. The zero-order valence-electron chi connectivity index (χ0n) is 2.56. The maximum atomic E-state index is 4.58. The summed E-state index contributed by atoms with van der Waals surface area (Å²) in [5.74, 6) is 0. The summed E-state index contributed by atoms with van der Waals surface area (Å²) in [6.07, 6.45) is 0.458. The molecule has 0 aromatic heterocycles. The van der Waals surface area contributed by atoms with Gasteiger partial charge in [-0.25, -0.2) is 0 Å². The maximum Gasteiger partial charge on any atom is 0.112 e. The molecule has 1 aliphatic rings. The number of hydrogen-bond donors (Lipinski definition) is 0. The minimum atomic E-state index is 0.458. The molecule has 0 aromatic rings. The molecule has 1 aliphatic heterocycles. The fourth-order valence-corrected chi connectivity index (χ4v) is 0.0786. The second-order valence-electron chi connectivity index (χ2n) is 0.977. The van der Waals surface area contributed by atoms with Crippen molar-refractivity contribution in [1.29, 1.82) is 0 Å². The first-order valence-corrected chi connectivity index (χ1v) is 1.38. The molecule has 0 amide bonds. The van der Waals surface area contributed by atoms with Crippen LogP contribution in [-0.2, 0) is 4.74 Å². The third-order valence-corrected chi connectivity index (χ3v) is 0.408. The number of rotatable bonds is 0. The smallest absolute Gasteiger partial charge is 0.112 e. The second-order valence-corrected chi connectivity index (χ2v) is 0.977. The highest BCUT2D eigenvalue weighted by Crippen LogP contribution is 2.11. The first-order chi connectivity index (χ1) is 1.89. The summed E-state index contributed by atoms with van der Waals surface area (Å²) in [5.41, 5.74) is 0. The van der Waals surface area contributed by atoms with Gasteiger partial charge in [-0.3, -0.25) is 0 Å². The number of hydrogen-bond acceptors (Lipinski definition) is 1. The normalized spacial score (nSPS) is 39.8. The lowest BCUT2D eigenvalue weighted by Crippen LogP contribution is -1.57. The minimum Gasteiger partial charge on any atom is -0.367 e. The summed E-state index contributed by atoms with van der Waals surface area (Å²) in [6, 6.07) is 0. The van der Waals surface area contributed by atoms with Gasteiger partial charge in [0.2, 0.25) is 0 Å². The van der Waals surface area contributed by atoms with Crippen molar-refractivity contribution in [3.8, 4) is 0 Å². The Hall–Kier alpha value is -0.0400. The average Bonchev–Trinajstić information content (AvgIpc) is 1.75. The monoisotopic (exact) mass is 57.0 g/mol. The molecule has 0 spiro atoms. The molecule has 1 atom stereocenters. The van der Waals surface area contributed by atoms with Gasteiger partial charge in [-0.2, -0.15) is 0 Å². The standard InChI is InChI=1S/C3H5O/c1-3-2-4-3/h2-3H,1H3. The van der Waals surface area contributed by atoms with Gasteiger partial charge in [0, 0.05) is 0 Å². The Kier molecular flexibility index (Phi) is 0.256. The van der Waals surface area contributed by atoms with Crippen molar-refractivity contribution in [1.82, 2.24) is 0 Å². The van der Waals surface area contributed by atoms with Crippen LogP contribution in [0.5, 0.6) is 0 Å². The third-order valence-electron chi connectivity index (χ3n) is 0.408. The number of epoxide rings is 1. The van der Waals surface area contributed by atoms with E-state index in [2.05, 4.69) is 4.74 Å². The first-order valence-electron chi connectivity index (χ1n) is 1.38. The molecular weight excluding hydrogens is 52.0 g/mol. The van der Waals surface area contributed by atoms with Crippen LogP contribution in [0.15, 0.2) is 0 Å². The zero-order valence-corrected chi connectivity index (χ0v) is 2.56. The van der Waals surface area contributed by atoms with Gasteiger partial charge in [-0.1, -0.05) is 0 Å². The molecule has 0 aliphatic carbocycles. The largest absolute Gasteiger partial charge is 0.367 e. The molecular formula is C3H5O. The Labute approximate surface area is 25.6 Å². The molecule has 1 heterocycles. The molecule has 0 aromatic carbocycles. The van der Waals surface area contributed by atoms with Gasteiger partial charge >= 0.3 is 0 Å². The van der Waals surface area contributed by atoms with Crippen LogP contribution in [0.1, 0.15) is 6.92 Å². The predicted molar refractivity (Wildman–Crippen MR) is 14.8 cm³/mol. The Morgan fingerprint density at radius 1 is 2.00 bits per heavy atom. The molecule has 23 valence electrons. The van der Waals surface area contributed by atoms with Crippen molar-refractivity contribution >= 4 is 0 Å². The Balaban J connectivity index is 2.17. The number of ether oxygens (including phenoxy) is 1. The Morgan fingerprint density at radius 2 is 2.25 bits per heavy atom. The summed E-state index contributed by atoms with van der Waals surface area (Å²) in [7, 11) is 0. The molecule has 1 nitrogen and oxygen atoms in total. The van der Waals surface area contributed by atoms with Gasteiger partial charge in [0.05, 0.1) is 6.10 Å². The van der Waals surface area contributed by atoms with Gasteiger partial charge in [0.1, 0.15) is 6.61 Å².